The van der Waals surface area contributed by atoms with E-state index >= 15 is 0 Å². The van der Waals surface area contributed by atoms with Crippen LogP contribution >= 0.6 is 0 Å². The summed E-state index contributed by atoms with van der Waals surface area (Å²) in [6.45, 7) is 8.18. The van der Waals surface area contributed by atoms with E-state index in [1.165, 1.54) is 16.8 Å². The fourth-order valence-corrected chi connectivity index (χ4v) is 4.95. The van der Waals surface area contributed by atoms with Gasteiger partial charge in [0.1, 0.15) is 5.82 Å². The molecule has 0 aliphatic carbocycles. The molecule has 0 saturated carbocycles. The van der Waals surface area contributed by atoms with E-state index in [-0.39, 0.29) is 6.04 Å². The first-order valence-corrected chi connectivity index (χ1v) is 13.8. The van der Waals surface area contributed by atoms with E-state index in [0.717, 1.165) is 61.3 Å². The van der Waals surface area contributed by atoms with Gasteiger partial charge in [0.25, 0.3) is 0 Å². The molecule has 0 spiro atoms. The fourth-order valence-electron chi connectivity index (χ4n) is 4.95. The number of rotatable bonds is 13. The third-order valence-corrected chi connectivity index (χ3v) is 7.11. The van der Waals surface area contributed by atoms with E-state index in [2.05, 4.69) is 79.2 Å². The Morgan fingerprint density at radius 3 is 2.26 bits per heavy atom. The van der Waals surface area contributed by atoms with E-state index in [9.17, 15) is 9.90 Å². The highest BCUT2D eigenvalue weighted by molar-refractivity contribution is 5.87. The first kappa shape index (κ1) is 27.3. The molecular formula is C33H39N3O2. The van der Waals surface area contributed by atoms with Crippen molar-refractivity contribution in [3.05, 3.63) is 101 Å². The number of carbonyl (C=O) groups is 1. The zero-order valence-corrected chi connectivity index (χ0v) is 22.8. The molecule has 0 bridgehead atoms. The number of hydrogen-bond donors (Lipinski definition) is 2. The van der Waals surface area contributed by atoms with Crippen LogP contribution in [0.1, 0.15) is 79.2 Å². The van der Waals surface area contributed by atoms with Crippen LogP contribution in [-0.4, -0.2) is 20.6 Å². The minimum Gasteiger partial charge on any atom is -0.478 e. The van der Waals surface area contributed by atoms with Gasteiger partial charge in [-0.3, -0.25) is 0 Å². The average Bonchev–Trinajstić information content (AvgIpc) is 3.32. The maximum Gasteiger partial charge on any atom is 0.335 e. The third-order valence-electron chi connectivity index (χ3n) is 7.11. The smallest absolute Gasteiger partial charge is 0.335 e. The summed E-state index contributed by atoms with van der Waals surface area (Å²) < 4.78 is 2.45. The summed E-state index contributed by atoms with van der Waals surface area (Å²) in [4.78, 5) is 16.6. The Bertz CT molecular complexity index is 1330. The van der Waals surface area contributed by atoms with Crippen molar-refractivity contribution in [3.63, 3.8) is 0 Å². The molecule has 2 N–H and O–H groups in total. The van der Waals surface area contributed by atoms with Gasteiger partial charge in [-0.2, -0.15) is 0 Å². The molecule has 1 unspecified atom stereocenters. The molecule has 4 aromatic rings. The van der Waals surface area contributed by atoms with Gasteiger partial charge in [0, 0.05) is 30.3 Å². The van der Waals surface area contributed by atoms with Crippen LogP contribution in [0.3, 0.4) is 0 Å². The fraction of sp³-hybridized carbons (Fsp3) is 0.333. The van der Waals surface area contributed by atoms with Crippen LogP contribution < -0.4 is 5.32 Å². The standard InChI is InChI=1S/C33H39N3O2/c1-4-6-17-29(34-23-25-18-20-27(21-19-25)33(37)38)31-30(26-14-9-8-10-15-26)35-32(36(31)22-7-5-2)28-16-12-11-13-24(28)3/h8-16,18-21,29,34H,4-7,17,22-23H2,1-3H3,(H,37,38). The van der Waals surface area contributed by atoms with Crippen LogP contribution in [0.2, 0.25) is 0 Å². The monoisotopic (exact) mass is 509 g/mol. The van der Waals surface area contributed by atoms with Crippen molar-refractivity contribution in [1.29, 1.82) is 0 Å². The van der Waals surface area contributed by atoms with Crippen LogP contribution in [0.4, 0.5) is 0 Å². The minimum absolute atomic E-state index is 0.103. The second kappa shape index (κ2) is 13.2. The molecule has 0 aliphatic heterocycles. The van der Waals surface area contributed by atoms with Gasteiger partial charge >= 0.3 is 5.97 Å². The van der Waals surface area contributed by atoms with Gasteiger partial charge in [0.15, 0.2) is 0 Å². The number of carboxylic acids is 1. The van der Waals surface area contributed by atoms with Gasteiger partial charge in [0.2, 0.25) is 0 Å². The van der Waals surface area contributed by atoms with E-state index in [0.29, 0.717) is 12.1 Å². The molecule has 0 aliphatic rings. The second-order valence-corrected chi connectivity index (χ2v) is 9.93. The number of nitrogens with zero attached hydrogens (tertiary/aromatic N) is 2. The molecule has 0 radical (unpaired) electrons. The number of aryl methyl sites for hydroxylation is 1. The van der Waals surface area contributed by atoms with Crippen molar-refractivity contribution in [1.82, 2.24) is 14.9 Å². The Morgan fingerprint density at radius 1 is 0.921 bits per heavy atom. The Kier molecular flexibility index (Phi) is 9.50. The lowest BCUT2D eigenvalue weighted by Gasteiger charge is -2.23. The molecular weight excluding hydrogens is 470 g/mol. The number of aromatic nitrogens is 2. The third kappa shape index (κ3) is 6.40. The van der Waals surface area contributed by atoms with Gasteiger partial charge in [-0.25, -0.2) is 9.78 Å². The lowest BCUT2D eigenvalue weighted by Crippen LogP contribution is -2.24. The summed E-state index contributed by atoms with van der Waals surface area (Å²) in [5.41, 5.74) is 7.16. The average molecular weight is 510 g/mol. The number of nitrogens with one attached hydrogen (secondary N) is 1. The Morgan fingerprint density at radius 2 is 1.61 bits per heavy atom. The van der Waals surface area contributed by atoms with Crippen LogP contribution in [0.25, 0.3) is 22.6 Å². The summed E-state index contributed by atoms with van der Waals surface area (Å²) in [5, 5.41) is 13.1. The molecule has 1 atom stereocenters. The second-order valence-electron chi connectivity index (χ2n) is 9.93. The zero-order valence-electron chi connectivity index (χ0n) is 22.8. The van der Waals surface area contributed by atoms with Gasteiger partial charge in [-0.1, -0.05) is 99.8 Å². The summed E-state index contributed by atoms with van der Waals surface area (Å²) in [5.74, 6) is 0.126. The topological polar surface area (TPSA) is 67.2 Å². The quantitative estimate of drug-likeness (QED) is 0.191. The molecule has 1 heterocycles. The van der Waals surface area contributed by atoms with Crippen molar-refractivity contribution in [2.45, 2.75) is 72.0 Å². The van der Waals surface area contributed by atoms with Crippen molar-refractivity contribution in [2.75, 3.05) is 0 Å². The number of benzene rings is 3. The van der Waals surface area contributed by atoms with E-state index < -0.39 is 5.97 Å². The molecule has 0 saturated heterocycles. The predicted molar refractivity (Wildman–Crippen MR) is 155 cm³/mol. The summed E-state index contributed by atoms with van der Waals surface area (Å²) in [7, 11) is 0. The van der Waals surface area contributed by atoms with Crippen LogP contribution in [0.5, 0.6) is 0 Å². The molecule has 4 rings (SSSR count). The van der Waals surface area contributed by atoms with Gasteiger partial charge in [0.05, 0.1) is 17.0 Å². The number of carboxylic acid groups (broad SMARTS) is 1. The molecule has 5 nitrogen and oxygen atoms in total. The lowest BCUT2D eigenvalue weighted by atomic mass is 10.00. The van der Waals surface area contributed by atoms with Crippen molar-refractivity contribution in [3.8, 4) is 22.6 Å². The minimum atomic E-state index is -0.901. The molecule has 0 fully saturated rings. The van der Waals surface area contributed by atoms with Crippen LogP contribution in [-0.2, 0) is 13.1 Å². The normalized spacial score (nSPS) is 12.0. The van der Waals surface area contributed by atoms with Crippen molar-refractivity contribution >= 4 is 5.97 Å². The first-order valence-electron chi connectivity index (χ1n) is 13.8. The van der Waals surface area contributed by atoms with Gasteiger partial charge in [-0.15, -0.1) is 0 Å². The Labute approximate surface area is 226 Å². The molecule has 198 valence electrons. The summed E-state index contributed by atoms with van der Waals surface area (Å²) >= 11 is 0. The first-order chi connectivity index (χ1) is 18.5. The molecule has 1 aromatic heterocycles. The molecule has 3 aromatic carbocycles. The van der Waals surface area contributed by atoms with E-state index in [1.807, 2.05) is 18.2 Å². The van der Waals surface area contributed by atoms with Crippen LogP contribution in [0.15, 0.2) is 78.9 Å². The Hall–Kier alpha value is -3.70. The zero-order chi connectivity index (χ0) is 26.9. The highest BCUT2D eigenvalue weighted by Gasteiger charge is 2.26. The SMILES string of the molecule is CCCCC(NCc1ccc(C(=O)O)cc1)c1c(-c2ccccc2)nc(-c2ccccc2C)n1CCCC. The number of unbranched alkanes of at least 4 members (excludes halogenated alkanes) is 2. The van der Waals surface area contributed by atoms with Crippen LogP contribution in [0, 0.1) is 6.92 Å². The van der Waals surface area contributed by atoms with Crippen molar-refractivity contribution < 1.29 is 9.90 Å². The summed E-state index contributed by atoms with van der Waals surface area (Å²) in [6, 6.07) is 26.3. The molecule has 5 heteroatoms. The Balaban J connectivity index is 1.82. The largest absolute Gasteiger partial charge is 0.478 e. The van der Waals surface area contributed by atoms with E-state index in [4.69, 9.17) is 4.98 Å². The van der Waals surface area contributed by atoms with Gasteiger partial charge in [-0.05, 0) is 43.0 Å². The molecule has 38 heavy (non-hydrogen) atoms. The van der Waals surface area contributed by atoms with E-state index in [1.54, 1.807) is 12.1 Å². The highest BCUT2D eigenvalue weighted by atomic mass is 16.4. The van der Waals surface area contributed by atoms with Gasteiger partial charge < -0.3 is 15.0 Å². The maximum absolute atomic E-state index is 11.3. The summed E-state index contributed by atoms with van der Waals surface area (Å²) in [6.07, 6.45) is 5.39. The number of hydrogen-bond acceptors (Lipinski definition) is 3. The highest BCUT2D eigenvalue weighted by Crippen LogP contribution is 2.36. The number of aromatic carboxylic acids is 1. The van der Waals surface area contributed by atoms with Crippen molar-refractivity contribution in [2.24, 2.45) is 0 Å². The number of imidazole rings is 1. The lowest BCUT2D eigenvalue weighted by molar-refractivity contribution is 0.0697. The maximum atomic E-state index is 11.3. The predicted octanol–water partition coefficient (Wildman–Crippen LogP) is 8.04. The molecule has 0 amide bonds.